The molecule has 1 N–H and O–H groups in total. The number of carbonyl (C=O) groups is 1. The Morgan fingerprint density at radius 3 is 3.09 bits per heavy atom. The fourth-order valence-corrected chi connectivity index (χ4v) is 1.09. The Labute approximate surface area is 90.3 Å². The van der Waals surface area contributed by atoms with E-state index in [4.69, 9.17) is 0 Å². The van der Waals surface area contributed by atoms with Crippen molar-refractivity contribution in [1.29, 1.82) is 0 Å². The van der Waals surface area contributed by atoms with Crippen molar-refractivity contribution in [2.24, 2.45) is 0 Å². The molecule has 0 aromatic heterocycles. The number of nitrogens with one attached hydrogen (secondary N) is 1. The van der Waals surface area contributed by atoms with Crippen molar-refractivity contribution in [2.45, 2.75) is 6.54 Å². The monoisotopic (exact) mass is 221 g/mol. The topological polar surface area (TPSA) is 29.1 Å². The fraction of sp³-hybridized carbons (Fsp3) is 0.125. The molecule has 1 radical (unpaired) electrons. The Morgan fingerprint density at radius 1 is 1.55 bits per heavy atom. The quantitative estimate of drug-likeness (QED) is 0.643. The van der Waals surface area contributed by atoms with Crippen molar-refractivity contribution < 1.29 is 37.5 Å². The van der Waals surface area contributed by atoms with Gasteiger partial charge in [-0.15, -0.1) is 5.56 Å². The predicted molar refractivity (Wildman–Crippen MR) is 36.4 cm³/mol. The fourth-order valence-electron chi connectivity index (χ4n) is 1.09. The van der Waals surface area contributed by atoms with Gasteiger partial charge < -0.3 is 5.32 Å². The molecular weight excluding hydrogens is 215 g/mol. The zero-order valence-corrected chi connectivity index (χ0v) is 8.76. The first-order chi connectivity index (χ1) is 4.88. The summed E-state index contributed by atoms with van der Waals surface area (Å²) in [6, 6.07) is 8.45. The van der Waals surface area contributed by atoms with Crippen LogP contribution in [0.15, 0.2) is 18.2 Å². The summed E-state index contributed by atoms with van der Waals surface area (Å²) in [5.74, 6) is 0.0202. The average Bonchev–Trinajstić information content (AvgIpc) is 2.34. The Morgan fingerprint density at radius 2 is 2.36 bits per heavy atom. The molecule has 0 spiro atoms. The van der Waals surface area contributed by atoms with Gasteiger partial charge in [-0.2, -0.15) is 24.3 Å². The van der Waals surface area contributed by atoms with Crippen LogP contribution in [0.1, 0.15) is 15.9 Å². The van der Waals surface area contributed by atoms with Gasteiger partial charge in [0.15, 0.2) is 5.91 Å². The zero-order chi connectivity index (χ0) is 6.97. The van der Waals surface area contributed by atoms with Crippen LogP contribution in [0.25, 0.3) is 0 Å². The van der Waals surface area contributed by atoms with E-state index in [0.717, 1.165) is 11.1 Å². The van der Waals surface area contributed by atoms with Crippen LogP contribution in [0, 0.1) is 6.07 Å². The van der Waals surface area contributed by atoms with E-state index in [1.54, 1.807) is 0 Å². The third-order valence-electron chi connectivity index (χ3n) is 1.61. The number of fused-ring (bicyclic) bond motifs is 1. The van der Waals surface area contributed by atoms with Crippen LogP contribution >= 0.6 is 0 Å². The van der Waals surface area contributed by atoms with Gasteiger partial charge in [0.1, 0.15) is 0 Å². The molecule has 1 aliphatic heterocycles. The Hall–Kier alpha value is -0.206. The molecule has 3 heteroatoms. The average molecular weight is 221 g/mol. The van der Waals surface area contributed by atoms with Crippen molar-refractivity contribution >= 4 is 5.91 Å². The van der Waals surface area contributed by atoms with Gasteiger partial charge in [-0.1, -0.05) is 5.56 Å². The molecule has 0 unspecified atom stereocenters. The first-order valence-electron chi connectivity index (χ1n) is 3.16. The van der Waals surface area contributed by atoms with Gasteiger partial charge in [0.25, 0.3) is 0 Å². The molecule has 1 aromatic carbocycles. The second-order valence-corrected chi connectivity index (χ2v) is 2.25. The second kappa shape index (κ2) is 3.46. The van der Waals surface area contributed by atoms with Crippen LogP contribution < -0.4 is 5.32 Å². The van der Waals surface area contributed by atoms with Gasteiger partial charge in [0.2, 0.25) is 0 Å². The molecule has 1 amide bonds. The molecule has 1 aromatic rings. The third kappa shape index (κ3) is 1.52. The molecule has 0 atom stereocenters. The van der Waals surface area contributed by atoms with E-state index in [2.05, 4.69) is 11.4 Å². The van der Waals surface area contributed by atoms with E-state index in [0.29, 0.717) is 6.54 Å². The maximum atomic E-state index is 10.9. The summed E-state index contributed by atoms with van der Waals surface area (Å²) in [6.45, 7) is 0.634. The number of hydrogen-bond acceptors (Lipinski definition) is 1. The molecule has 2 rings (SSSR count). The van der Waals surface area contributed by atoms with E-state index in [9.17, 15) is 4.79 Å². The molecule has 0 fully saturated rings. The molecule has 1 heterocycles. The maximum absolute atomic E-state index is 10.9. The van der Waals surface area contributed by atoms with Gasteiger partial charge in [-0.25, -0.2) is 0 Å². The summed E-state index contributed by atoms with van der Waals surface area (Å²) in [5, 5.41) is 2.71. The minimum Gasteiger partial charge on any atom is -0.360 e. The van der Waals surface area contributed by atoms with Gasteiger partial charge in [0, 0.05) is 39.3 Å². The summed E-state index contributed by atoms with van der Waals surface area (Å²) < 4.78 is 0. The maximum Gasteiger partial charge on any atom is 0.195 e. The number of benzene rings is 1. The SMILES string of the molecule is O=C1NCc2[c-]cccc21.[Y]. The molecule has 53 valence electrons. The third-order valence-corrected chi connectivity index (χ3v) is 1.61. The number of carbonyl (C=O) groups excluding carboxylic acids is 1. The summed E-state index contributed by atoms with van der Waals surface area (Å²) in [5.41, 5.74) is 1.75. The molecule has 0 bridgehead atoms. The molecule has 0 saturated heterocycles. The molecule has 2 nitrogen and oxygen atoms in total. The van der Waals surface area contributed by atoms with E-state index >= 15 is 0 Å². The summed E-state index contributed by atoms with van der Waals surface area (Å²) in [7, 11) is 0. The van der Waals surface area contributed by atoms with E-state index < -0.39 is 0 Å². The molecule has 0 saturated carbocycles. The van der Waals surface area contributed by atoms with Crippen molar-refractivity contribution in [3.05, 3.63) is 35.4 Å². The van der Waals surface area contributed by atoms with Crippen molar-refractivity contribution in [3.63, 3.8) is 0 Å². The van der Waals surface area contributed by atoms with Gasteiger partial charge in [0.05, 0.1) is 0 Å². The molecule has 1 aliphatic rings. The summed E-state index contributed by atoms with van der Waals surface area (Å²) in [6.07, 6.45) is 0. The van der Waals surface area contributed by atoms with Crippen LogP contribution in [0.2, 0.25) is 0 Å². The molecular formula is C8H6NOY-. The minimum absolute atomic E-state index is 0. The first-order valence-corrected chi connectivity index (χ1v) is 3.16. The summed E-state index contributed by atoms with van der Waals surface area (Å²) in [4.78, 5) is 10.9. The van der Waals surface area contributed by atoms with Crippen LogP contribution in [-0.2, 0) is 39.3 Å². The number of hydrogen-bond donors (Lipinski definition) is 1. The Kier molecular flexibility index (Phi) is 2.80. The minimum atomic E-state index is 0. The van der Waals surface area contributed by atoms with Crippen molar-refractivity contribution in [2.75, 3.05) is 0 Å². The second-order valence-electron chi connectivity index (χ2n) is 2.25. The van der Waals surface area contributed by atoms with E-state index in [1.165, 1.54) is 0 Å². The Bertz CT molecular complexity index is 285. The van der Waals surface area contributed by atoms with Crippen molar-refractivity contribution in [1.82, 2.24) is 5.32 Å². The molecule has 0 aliphatic carbocycles. The number of amides is 1. The van der Waals surface area contributed by atoms with E-state index in [1.807, 2.05) is 18.2 Å². The van der Waals surface area contributed by atoms with Gasteiger partial charge >= 0.3 is 0 Å². The normalized spacial score (nSPS) is 13.3. The first kappa shape index (κ1) is 8.89. The number of rotatable bonds is 0. The summed E-state index contributed by atoms with van der Waals surface area (Å²) >= 11 is 0. The van der Waals surface area contributed by atoms with Crippen LogP contribution in [0.3, 0.4) is 0 Å². The van der Waals surface area contributed by atoms with Crippen LogP contribution in [-0.4, -0.2) is 5.91 Å². The molecule has 11 heavy (non-hydrogen) atoms. The van der Waals surface area contributed by atoms with Gasteiger partial charge in [-0.05, 0) is 0 Å². The predicted octanol–water partition coefficient (Wildman–Crippen LogP) is 0.728. The smallest absolute Gasteiger partial charge is 0.195 e. The Balaban J connectivity index is 0.000000605. The van der Waals surface area contributed by atoms with Crippen LogP contribution in [0.4, 0.5) is 0 Å². The van der Waals surface area contributed by atoms with Crippen molar-refractivity contribution in [3.8, 4) is 0 Å². The largest absolute Gasteiger partial charge is 0.360 e. The zero-order valence-electron chi connectivity index (χ0n) is 5.92. The van der Waals surface area contributed by atoms with Gasteiger partial charge in [-0.3, -0.25) is 4.79 Å². The standard InChI is InChI=1S/C8H6NO.Y/c10-8-7-4-2-1-3-6(7)5-9-8;/h1-2,4H,5H2,(H,9,10);/q-1;. The van der Waals surface area contributed by atoms with E-state index in [-0.39, 0.29) is 38.6 Å². The van der Waals surface area contributed by atoms with Crippen LogP contribution in [0.5, 0.6) is 0 Å².